The first-order valence-electron chi connectivity index (χ1n) is 6.93. The molecule has 1 aromatic rings. The van der Waals surface area contributed by atoms with Gasteiger partial charge >= 0.3 is 0 Å². The van der Waals surface area contributed by atoms with Gasteiger partial charge in [0.1, 0.15) is 0 Å². The molecular weight excluding hydrogens is 258 g/mol. The van der Waals surface area contributed by atoms with E-state index in [1.165, 1.54) is 0 Å². The zero-order valence-corrected chi connectivity index (χ0v) is 11.5. The number of rotatable bonds is 3. The number of hydrogen-bond donors (Lipinski definition) is 2. The van der Waals surface area contributed by atoms with Crippen LogP contribution in [0.3, 0.4) is 0 Å². The number of carbonyl (C=O) groups excluding carboxylic acids is 2. The summed E-state index contributed by atoms with van der Waals surface area (Å²) in [5.41, 5.74) is 0.732. The fraction of sp³-hybridized carbons (Fsp3) is 0.615. The highest BCUT2D eigenvalue weighted by Gasteiger charge is 2.38. The third-order valence-electron chi connectivity index (χ3n) is 4.20. The molecule has 7 nitrogen and oxygen atoms in total. The molecule has 7 heteroatoms. The van der Waals surface area contributed by atoms with Crippen molar-refractivity contribution < 1.29 is 9.59 Å². The fourth-order valence-corrected chi connectivity index (χ4v) is 2.95. The largest absolute Gasteiger partial charge is 0.341 e. The smallest absolute Gasteiger partial charge is 0.228 e. The van der Waals surface area contributed by atoms with Gasteiger partial charge in [-0.3, -0.25) is 14.7 Å². The molecule has 2 N–H and O–H groups in total. The van der Waals surface area contributed by atoms with E-state index in [-0.39, 0.29) is 30.2 Å². The van der Waals surface area contributed by atoms with Crippen LogP contribution in [0.2, 0.25) is 0 Å². The van der Waals surface area contributed by atoms with Crippen molar-refractivity contribution in [2.24, 2.45) is 5.92 Å². The molecule has 108 valence electrons. The van der Waals surface area contributed by atoms with Crippen molar-refractivity contribution in [1.29, 1.82) is 0 Å². The van der Waals surface area contributed by atoms with Gasteiger partial charge < -0.3 is 15.1 Å². The summed E-state index contributed by atoms with van der Waals surface area (Å²) < 4.78 is 0. The number of nitrogens with zero attached hydrogens (tertiary/aromatic N) is 3. The number of anilines is 1. The summed E-state index contributed by atoms with van der Waals surface area (Å²) in [4.78, 5) is 28.0. The lowest BCUT2D eigenvalue weighted by Gasteiger charge is -2.26. The maximum absolute atomic E-state index is 12.5. The molecule has 2 unspecified atom stereocenters. The number of amides is 2. The third-order valence-corrected chi connectivity index (χ3v) is 4.20. The van der Waals surface area contributed by atoms with Gasteiger partial charge in [-0.1, -0.05) is 0 Å². The Morgan fingerprint density at radius 1 is 1.55 bits per heavy atom. The zero-order chi connectivity index (χ0) is 14.1. The molecule has 2 aliphatic heterocycles. The standard InChI is InChI=1S/C13H19N5O2/c1-17(10-2-3-14-5-10)13(20)9-4-12(19)18(8-9)11-6-15-16-7-11/h6-7,9-10,14H,2-5,8H2,1H3,(H,15,16). The lowest BCUT2D eigenvalue weighted by atomic mass is 10.1. The van der Waals surface area contributed by atoms with Crippen LogP contribution in [-0.2, 0) is 9.59 Å². The monoisotopic (exact) mass is 277 g/mol. The predicted molar refractivity (Wildman–Crippen MR) is 73.1 cm³/mol. The summed E-state index contributed by atoms with van der Waals surface area (Å²) in [5.74, 6) is -0.191. The molecule has 2 fully saturated rings. The molecule has 20 heavy (non-hydrogen) atoms. The number of aromatic nitrogens is 2. The van der Waals surface area contributed by atoms with Crippen molar-refractivity contribution >= 4 is 17.5 Å². The van der Waals surface area contributed by atoms with E-state index in [4.69, 9.17) is 0 Å². The Morgan fingerprint density at radius 2 is 2.40 bits per heavy atom. The van der Waals surface area contributed by atoms with Crippen LogP contribution in [0.5, 0.6) is 0 Å². The first-order valence-corrected chi connectivity index (χ1v) is 6.93. The van der Waals surface area contributed by atoms with E-state index >= 15 is 0 Å². The second kappa shape index (κ2) is 5.24. The molecule has 2 aliphatic rings. The summed E-state index contributed by atoms with van der Waals surface area (Å²) in [6, 6.07) is 0.251. The molecule has 2 amide bonds. The lowest BCUT2D eigenvalue weighted by Crippen LogP contribution is -2.42. The molecule has 0 aliphatic carbocycles. The quantitative estimate of drug-likeness (QED) is 0.786. The molecule has 0 saturated carbocycles. The number of carbonyl (C=O) groups is 2. The summed E-state index contributed by atoms with van der Waals surface area (Å²) in [7, 11) is 1.84. The van der Waals surface area contributed by atoms with Gasteiger partial charge in [0, 0.05) is 38.8 Å². The zero-order valence-electron chi connectivity index (χ0n) is 11.5. The fourth-order valence-electron chi connectivity index (χ4n) is 2.95. The Bertz CT molecular complexity index is 495. The average molecular weight is 277 g/mol. The van der Waals surface area contributed by atoms with E-state index < -0.39 is 0 Å². The van der Waals surface area contributed by atoms with Crippen LogP contribution >= 0.6 is 0 Å². The van der Waals surface area contributed by atoms with Crippen LogP contribution in [-0.4, -0.2) is 59.6 Å². The van der Waals surface area contributed by atoms with Crippen molar-refractivity contribution in [3.8, 4) is 0 Å². The molecule has 0 spiro atoms. The summed E-state index contributed by atoms with van der Waals surface area (Å²) in [6.07, 6.45) is 4.55. The SMILES string of the molecule is CN(C(=O)C1CC(=O)N(c2cn[nH]c2)C1)C1CCNC1. The second-order valence-electron chi connectivity index (χ2n) is 5.46. The maximum atomic E-state index is 12.5. The predicted octanol–water partition coefficient (Wildman–Crippen LogP) is -0.417. The van der Waals surface area contributed by atoms with Crippen LogP contribution in [0.25, 0.3) is 0 Å². The second-order valence-corrected chi connectivity index (χ2v) is 5.46. The van der Waals surface area contributed by atoms with E-state index in [0.717, 1.165) is 25.2 Å². The first kappa shape index (κ1) is 13.1. The van der Waals surface area contributed by atoms with Crippen LogP contribution in [0.1, 0.15) is 12.8 Å². The number of nitrogens with one attached hydrogen (secondary N) is 2. The van der Waals surface area contributed by atoms with Gasteiger partial charge in [0.2, 0.25) is 11.8 Å². The highest BCUT2D eigenvalue weighted by molar-refractivity contribution is 6.00. The molecule has 0 aromatic carbocycles. The maximum Gasteiger partial charge on any atom is 0.228 e. The lowest BCUT2D eigenvalue weighted by molar-refractivity contribution is -0.136. The molecule has 1 aromatic heterocycles. The van der Waals surface area contributed by atoms with Gasteiger partial charge in [-0.25, -0.2) is 0 Å². The van der Waals surface area contributed by atoms with Crippen LogP contribution in [0.4, 0.5) is 5.69 Å². The van der Waals surface area contributed by atoms with Gasteiger partial charge in [0.15, 0.2) is 0 Å². The number of H-pyrrole nitrogens is 1. The van der Waals surface area contributed by atoms with E-state index in [1.807, 2.05) is 7.05 Å². The van der Waals surface area contributed by atoms with Crippen LogP contribution < -0.4 is 10.2 Å². The van der Waals surface area contributed by atoms with E-state index in [0.29, 0.717) is 6.54 Å². The normalized spacial score (nSPS) is 26.2. The van der Waals surface area contributed by atoms with E-state index in [2.05, 4.69) is 15.5 Å². The molecule has 0 bridgehead atoms. The highest BCUT2D eigenvalue weighted by atomic mass is 16.2. The van der Waals surface area contributed by atoms with Crippen LogP contribution in [0.15, 0.2) is 12.4 Å². The molecule has 0 radical (unpaired) electrons. The first-order chi connectivity index (χ1) is 9.66. The van der Waals surface area contributed by atoms with Gasteiger partial charge in [-0.05, 0) is 13.0 Å². The van der Waals surface area contributed by atoms with Crippen molar-refractivity contribution in [3.05, 3.63) is 12.4 Å². The minimum atomic E-state index is -0.247. The summed E-state index contributed by atoms with van der Waals surface area (Å²) in [5, 5.41) is 9.79. The van der Waals surface area contributed by atoms with Gasteiger partial charge in [0.25, 0.3) is 0 Å². The van der Waals surface area contributed by atoms with E-state index in [9.17, 15) is 9.59 Å². The molecule has 3 heterocycles. The van der Waals surface area contributed by atoms with E-state index in [1.54, 1.807) is 22.2 Å². The van der Waals surface area contributed by atoms with Gasteiger partial charge in [-0.15, -0.1) is 0 Å². The molecule has 2 saturated heterocycles. The average Bonchev–Trinajstić information content (AvgIpc) is 3.17. The topological polar surface area (TPSA) is 81.3 Å². The summed E-state index contributed by atoms with van der Waals surface area (Å²) >= 11 is 0. The minimum Gasteiger partial charge on any atom is -0.341 e. The Morgan fingerprint density at radius 3 is 3.05 bits per heavy atom. The Balaban J connectivity index is 1.66. The highest BCUT2D eigenvalue weighted by Crippen LogP contribution is 2.26. The number of hydrogen-bond acceptors (Lipinski definition) is 4. The Labute approximate surface area is 117 Å². The van der Waals surface area contributed by atoms with Crippen molar-refractivity contribution in [3.63, 3.8) is 0 Å². The van der Waals surface area contributed by atoms with Crippen molar-refractivity contribution in [1.82, 2.24) is 20.4 Å². The van der Waals surface area contributed by atoms with Crippen molar-refractivity contribution in [2.75, 3.05) is 31.6 Å². The number of likely N-dealkylation sites (N-methyl/N-ethyl adjacent to an activating group) is 1. The van der Waals surface area contributed by atoms with Gasteiger partial charge in [0.05, 0.1) is 17.8 Å². The number of aromatic amines is 1. The van der Waals surface area contributed by atoms with Crippen LogP contribution in [0, 0.1) is 5.92 Å². The molecular formula is C13H19N5O2. The van der Waals surface area contributed by atoms with Crippen molar-refractivity contribution in [2.45, 2.75) is 18.9 Å². The Hall–Kier alpha value is -1.89. The molecule has 2 atom stereocenters. The third kappa shape index (κ3) is 2.29. The minimum absolute atomic E-state index is 0.0114. The molecule has 3 rings (SSSR count). The Kier molecular flexibility index (Phi) is 3.43. The van der Waals surface area contributed by atoms with Gasteiger partial charge in [-0.2, -0.15) is 5.10 Å². The summed E-state index contributed by atoms with van der Waals surface area (Å²) in [6.45, 7) is 2.24.